The average Bonchev–Trinajstić information content (AvgIpc) is 0.815. The summed E-state index contributed by atoms with van der Waals surface area (Å²) in [5, 5.41) is 2.34. The van der Waals surface area contributed by atoms with Gasteiger partial charge in [-0.3, -0.25) is 4.57 Å². The maximum atomic E-state index is 7.13. The second-order valence-corrected chi connectivity index (χ2v) is 27.9. The van der Waals surface area contributed by atoms with Crippen molar-refractivity contribution in [3.63, 3.8) is 0 Å². The molecular formula is C87H68N4O. The highest BCUT2D eigenvalue weighted by molar-refractivity contribution is 6.09. The van der Waals surface area contributed by atoms with Gasteiger partial charge in [-0.1, -0.05) is 218 Å². The number of hydrogen-bond acceptors (Lipinski definition) is 4. The second kappa shape index (κ2) is 19.4. The van der Waals surface area contributed by atoms with Crippen molar-refractivity contribution < 1.29 is 4.74 Å². The van der Waals surface area contributed by atoms with Crippen LogP contribution < -0.4 is 14.5 Å². The van der Waals surface area contributed by atoms with Crippen molar-refractivity contribution >= 4 is 38.9 Å². The van der Waals surface area contributed by atoms with Gasteiger partial charge in [-0.2, -0.15) is 0 Å². The number of fused-ring (bicyclic) bond motifs is 4. The van der Waals surface area contributed by atoms with Crippen LogP contribution in [0.15, 0.2) is 285 Å². The number of aromatic nitrogens is 2. The third kappa shape index (κ3) is 6.90. The predicted octanol–water partition coefficient (Wildman–Crippen LogP) is 20.4. The Morgan fingerprint density at radius 1 is 0.435 bits per heavy atom. The van der Waals surface area contributed by atoms with E-state index in [1.807, 2.05) is 0 Å². The Kier molecular flexibility index (Phi) is 11.1. The predicted molar refractivity (Wildman–Crippen MR) is 372 cm³/mol. The van der Waals surface area contributed by atoms with Crippen LogP contribution in [0.25, 0.3) is 38.8 Å². The van der Waals surface area contributed by atoms with Gasteiger partial charge in [0, 0.05) is 46.3 Å². The summed E-state index contributed by atoms with van der Waals surface area (Å²) >= 11 is 0. The molecular weight excluding hydrogens is 1120 g/mol. The zero-order chi connectivity index (χ0) is 60.5. The lowest BCUT2D eigenvalue weighted by molar-refractivity contribution is -0.00518. The molecule has 8 bridgehead atoms. The first-order chi connectivity index (χ1) is 45.4. The molecule has 2 aromatic heterocycles. The van der Waals surface area contributed by atoms with E-state index in [2.05, 4.69) is 307 Å². The highest BCUT2D eigenvalue weighted by atomic mass is 16.5. The van der Waals surface area contributed by atoms with Crippen molar-refractivity contribution in [1.82, 2.24) is 9.55 Å². The first-order valence-electron chi connectivity index (χ1n) is 33.5. The third-order valence-electron chi connectivity index (χ3n) is 23.6. The van der Waals surface area contributed by atoms with Gasteiger partial charge in [0.05, 0.1) is 39.9 Å². The summed E-state index contributed by atoms with van der Waals surface area (Å²) in [4.78, 5) is 10.6. The van der Waals surface area contributed by atoms with E-state index in [4.69, 9.17) is 9.72 Å². The minimum Gasteiger partial charge on any atom is -0.457 e. The number of hydrogen-bond donors (Lipinski definition) is 0. The summed E-state index contributed by atoms with van der Waals surface area (Å²) in [5.41, 5.74) is 22.2. The molecule has 1 aliphatic heterocycles. The molecule has 92 heavy (non-hydrogen) atoms. The van der Waals surface area contributed by atoms with Gasteiger partial charge in [0.1, 0.15) is 22.9 Å². The molecule has 4 fully saturated rings. The van der Waals surface area contributed by atoms with Crippen molar-refractivity contribution in [3.05, 3.63) is 352 Å². The van der Waals surface area contributed by atoms with E-state index in [1.165, 1.54) is 122 Å². The van der Waals surface area contributed by atoms with Crippen molar-refractivity contribution in [3.8, 4) is 28.4 Å². The molecule has 0 saturated heterocycles. The third-order valence-corrected chi connectivity index (χ3v) is 23.6. The number of pyridine rings is 1. The van der Waals surface area contributed by atoms with E-state index < -0.39 is 16.4 Å². The number of para-hydroxylation sites is 3. The van der Waals surface area contributed by atoms with E-state index in [9.17, 15) is 0 Å². The van der Waals surface area contributed by atoms with Gasteiger partial charge >= 0.3 is 0 Å². The molecule has 5 nitrogen and oxygen atoms in total. The molecule has 0 atom stereocenters. The van der Waals surface area contributed by atoms with E-state index in [0.29, 0.717) is 12.1 Å². The summed E-state index contributed by atoms with van der Waals surface area (Å²) in [6.45, 7) is 2.80. The highest BCUT2D eigenvalue weighted by Crippen LogP contribution is 2.75. The monoisotopic (exact) mass is 1180 g/mol. The van der Waals surface area contributed by atoms with Crippen molar-refractivity contribution in [2.24, 2.45) is 17.8 Å². The average molecular weight is 1190 g/mol. The Morgan fingerprint density at radius 2 is 0.989 bits per heavy atom. The lowest BCUT2D eigenvalue weighted by Crippen LogP contribution is -2.69. The number of nitrogens with zero attached hydrogens (tertiary/aromatic N) is 4. The Balaban J connectivity index is 0.708. The SMILES string of the molecule is Cc1cc(-n2c3ccccc3c3ccc(Oc4cccc(N5CN(C67c8ccccc8C(c8ccccc86)C6(c8ccccc8)c8ccccc8C7(c7ccccc7)c7ccccc76)c6ccccc65)c4)cc32)ncc1-c1ccc(C23CC4CC(CC(C4)C2)C3)cc1. The summed E-state index contributed by atoms with van der Waals surface area (Å²) in [7, 11) is 0. The van der Waals surface area contributed by atoms with Gasteiger partial charge in [0.15, 0.2) is 0 Å². The summed E-state index contributed by atoms with van der Waals surface area (Å²) in [6.07, 6.45) is 10.6. The number of benzene rings is 11. The number of ether oxygens (including phenoxy) is 1. The largest absolute Gasteiger partial charge is 0.457 e. The maximum absolute atomic E-state index is 7.13. The molecule has 3 heterocycles. The quantitative estimate of drug-likeness (QED) is 0.144. The fourth-order valence-corrected chi connectivity index (χ4v) is 20.8. The van der Waals surface area contributed by atoms with Gasteiger partial charge < -0.3 is 14.5 Å². The molecule has 0 spiro atoms. The second-order valence-electron chi connectivity index (χ2n) is 27.9. The van der Waals surface area contributed by atoms with Crippen LogP contribution in [0.5, 0.6) is 11.5 Å². The van der Waals surface area contributed by atoms with Gasteiger partial charge in [0.25, 0.3) is 0 Å². The van der Waals surface area contributed by atoms with Crippen molar-refractivity contribution in [1.29, 1.82) is 0 Å². The summed E-state index contributed by atoms with van der Waals surface area (Å²) < 4.78 is 9.45. The van der Waals surface area contributed by atoms with E-state index >= 15 is 0 Å². The molecule has 24 rings (SSSR count). The molecule has 10 aliphatic carbocycles. The smallest absolute Gasteiger partial charge is 0.137 e. The van der Waals surface area contributed by atoms with Gasteiger partial charge in [-0.15, -0.1) is 0 Å². The molecule has 11 aromatic carbocycles. The van der Waals surface area contributed by atoms with Crippen LogP contribution in [0, 0.1) is 24.7 Å². The number of rotatable bonds is 9. The standard InChI is InChI=1S/C87H68N4O/c1-56-45-82(88-54-71(56)60-39-41-61(42-40-60)84-51-57-46-58(52-84)48-59(47-57)53-84)91-78-36-17-10-27-67(78)68-44-43-66(50-81(68)91)92-65-26-20-25-64(49-65)89-55-90(80-38-19-18-37-79(80)89)87-72-30-11-8-28-69(72)83(70-29-9-12-31-73(70)87)85(62-21-4-2-5-22-62)74-32-13-15-34-76(74)86(87,63-23-6-3-7-24-63)77-35-16-14-33-75(77)85/h2-45,49-50,54,57-59,83H,46-48,51-53,55H2,1H3. The van der Waals surface area contributed by atoms with Crippen molar-refractivity contribution in [2.75, 3.05) is 16.5 Å². The normalized spacial score (nSPS) is 24.8. The lowest BCUT2D eigenvalue weighted by Gasteiger charge is -2.68. The minimum absolute atomic E-state index is 0.0603. The fourth-order valence-electron chi connectivity index (χ4n) is 20.8. The van der Waals surface area contributed by atoms with Crippen LogP contribution in [0.4, 0.5) is 17.1 Å². The maximum Gasteiger partial charge on any atom is 0.137 e. The topological polar surface area (TPSA) is 33.5 Å². The minimum atomic E-state index is -0.854. The van der Waals surface area contributed by atoms with Crippen LogP contribution in [-0.4, -0.2) is 16.2 Å². The van der Waals surface area contributed by atoms with Crippen LogP contribution in [0.3, 0.4) is 0 Å². The van der Waals surface area contributed by atoms with E-state index in [0.717, 1.165) is 62.9 Å². The van der Waals surface area contributed by atoms with Crippen LogP contribution in [0.2, 0.25) is 0 Å². The molecule has 0 unspecified atom stereocenters. The van der Waals surface area contributed by atoms with Crippen LogP contribution in [-0.2, 0) is 21.8 Å². The van der Waals surface area contributed by atoms with Gasteiger partial charge in [0.2, 0.25) is 0 Å². The molecule has 442 valence electrons. The van der Waals surface area contributed by atoms with Gasteiger partial charge in [-0.25, -0.2) is 4.98 Å². The molecule has 0 amide bonds. The number of anilines is 3. The first kappa shape index (κ1) is 52.5. The summed E-state index contributed by atoms with van der Waals surface area (Å²) in [6, 6.07) is 106. The number of aryl methyl sites for hydroxylation is 1. The van der Waals surface area contributed by atoms with Gasteiger partial charge in [-0.05, 0) is 189 Å². The molecule has 11 aliphatic rings. The molecule has 0 radical (unpaired) electrons. The first-order valence-corrected chi connectivity index (χ1v) is 33.5. The Morgan fingerprint density at radius 3 is 1.65 bits per heavy atom. The van der Waals surface area contributed by atoms with Crippen LogP contribution in [0.1, 0.15) is 111 Å². The lowest BCUT2D eigenvalue weighted by atomic mass is 9.37. The Hall–Kier alpha value is -10.2. The zero-order valence-electron chi connectivity index (χ0n) is 51.6. The van der Waals surface area contributed by atoms with Crippen LogP contribution >= 0.6 is 0 Å². The molecule has 0 N–H and O–H groups in total. The molecule has 13 aromatic rings. The van der Waals surface area contributed by atoms with E-state index in [-0.39, 0.29) is 5.92 Å². The zero-order valence-corrected chi connectivity index (χ0v) is 51.6. The molecule has 5 heteroatoms. The Labute approximate surface area is 537 Å². The summed E-state index contributed by atoms with van der Waals surface area (Å²) in [5.74, 6) is 5.14. The highest BCUT2D eigenvalue weighted by Gasteiger charge is 2.72. The Bertz CT molecular complexity index is 5030. The van der Waals surface area contributed by atoms with Crippen molar-refractivity contribution in [2.45, 2.75) is 73.2 Å². The molecule has 4 saturated carbocycles. The van der Waals surface area contributed by atoms with E-state index in [1.54, 1.807) is 5.56 Å². The fraction of sp³-hybridized carbons (Fsp3) is 0.184.